The number of carbonyl (C=O) groups excluding carboxylic acids is 2. The molecule has 8 heteroatoms. The molecule has 1 aliphatic rings. The number of carboxylic acid groups (broad SMARTS) is 1. The summed E-state index contributed by atoms with van der Waals surface area (Å²) in [4.78, 5) is 38.2. The molecule has 1 rings (SSSR count). The second kappa shape index (κ2) is 14.7. The highest BCUT2D eigenvalue weighted by Crippen LogP contribution is 2.19. The number of hydrogen-bond acceptors (Lipinski definition) is 6. The fourth-order valence-electron chi connectivity index (χ4n) is 3.45. The van der Waals surface area contributed by atoms with Crippen LogP contribution in [0, 0.1) is 5.92 Å². The normalized spacial score (nSPS) is 18.4. The summed E-state index contributed by atoms with van der Waals surface area (Å²) in [7, 11) is 0. The van der Waals surface area contributed by atoms with Crippen molar-refractivity contribution in [1.82, 2.24) is 10.2 Å². The predicted molar refractivity (Wildman–Crippen MR) is 121 cm³/mol. The van der Waals surface area contributed by atoms with Crippen LogP contribution in [0.25, 0.3) is 0 Å². The van der Waals surface area contributed by atoms with E-state index in [0.29, 0.717) is 31.7 Å². The van der Waals surface area contributed by atoms with E-state index in [2.05, 4.69) is 12.2 Å². The monoisotopic (exact) mass is 444 g/mol. The van der Waals surface area contributed by atoms with Crippen LogP contribution in [0.4, 0.5) is 0 Å². The highest BCUT2D eigenvalue weighted by Gasteiger charge is 2.37. The van der Waals surface area contributed by atoms with E-state index >= 15 is 0 Å². The van der Waals surface area contributed by atoms with Crippen LogP contribution in [0.15, 0.2) is 0 Å². The van der Waals surface area contributed by atoms with Crippen molar-refractivity contribution >= 4 is 29.6 Å². The van der Waals surface area contributed by atoms with Crippen molar-refractivity contribution in [2.45, 2.75) is 90.8 Å². The van der Waals surface area contributed by atoms with Gasteiger partial charge in [-0.05, 0) is 37.9 Å². The van der Waals surface area contributed by atoms with Crippen LogP contribution in [0.5, 0.6) is 0 Å². The Morgan fingerprint density at radius 3 is 2.50 bits per heavy atom. The van der Waals surface area contributed by atoms with Gasteiger partial charge in [0.25, 0.3) is 0 Å². The summed E-state index contributed by atoms with van der Waals surface area (Å²) in [5.74, 6) is 0.143. The average molecular weight is 445 g/mol. The maximum atomic E-state index is 12.8. The predicted octanol–water partition coefficient (Wildman–Crippen LogP) is 3.31. The molecule has 0 spiro atoms. The molecule has 0 aromatic rings. The number of unbranched alkanes of at least 4 members (excludes halogenated alkanes) is 4. The summed E-state index contributed by atoms with van der Waals surface area (Å²) in [6.45, 7) is 8.62. The SMILES string of the molecule is CCCCCCCSC[C@H](NC(C)C(=O)N1CCC[C@H]1C(=O)O)C(=O)OCC(C)C. The number of carboxylic acids is 1. The van der Waals surface area contributed by atoms with Gasteiger partial charge in [-0.15, -0.1) is 0 Å². The number of rotatable bonds is 15. The Bertz CT molecular complexity index is 544. The number of hydrogen-bond donors (Lipinski definition) is 2. The van der Waals surface area contributed by atoms with Gasteiger partial charge in [0.15, 0.2) is 0 Å². The molecule has 30 heavy (non-hydrogen) atoms. The molecule has 1 amide bonds. The Morgan fingerprint density at radius 1 is 1.17 bits per heavy atom. The first kappa shape index (κ1) is 26.8. The molecule has 1 unspecified atom stereocenters. The Hall–Kier alpha value is -1.28. The van der Waals surface area contributed by atoms with Gasteiger partial charge in [-0.25, -0.2) is 4.79 Å². The molecule has 2 N–H and O–H groups in total. The first-order valence-electron chi connectivity index (χ1n) is 11.3. The zero-order valence-electron chi connectivity index (χ0n) is 19.0. The molecule has 7 nitrogen and oxygen atoms in total. The number of likely N-dealkylation sites (tertiary alicyclic amines) is 1. The van der Waals surface area contributed by atoms with Gasteiger partial charge in [0, 0.05) is 12.3 Å². The molecule has 0 aromatic heterocycles. The molecule has 1 saturated heterocycles. The van der Waals surface area contributed by atoms with Crippen LogP contribution in [0.1, 0.15) is 72.6 Å². The lowest BCUT2D eigenvalue weighted by Gasteiger charge is -2.28. The van der Waals surface area contributed by atoms with Crippen molar-refractivity contribution in [2.24, 2.45) is 5.92 Å². The Morgan fingerprint density at radius 2 is 1.87 bits per heavy atom. The standard InChI is InChI=1S/C22H40N2O5S/c1-5-6-7-8-9-13-30-15-18(22(28)29-14-16(2)3)23-17(4)20(25)24-12-10-11-19(24)21(26)27/h16-19,23H,5-15H2,1-4H3,(H,26,27)/t17?,18-,19-/m0/s1. The molecule has 3 atom stereocenters. The van der Waals surface area contributed by atoms with Crippen molar-refractivity contribution in [3.8, 4) is 0 Å². The van der Waals surface area contributed by atoms with Gasteiger partial charge < -0.3 is 14.7 Å². The van der Waals surface area contributed by atoms with Crippen molar-refractivity contribution in [3.63, 3.8) is 0 Å². The second-order valence-electron chi connectivity index (χ2n) is 8.48. The van der Waals surface area contributed by atoms with E-state index < -0.39 is 24.1 Å². The Balaban J connectivity index is 2.60. The third-order valence-corrected chi connectivity index (χ3v) is 6.31. The lowest BCUT2D eigenvalue weighted by molar-refractivity contribution is -0.150. The lowest BCUT2D eigenvalue weighted by Crippen LogP contribution is -2.54. The molecule has 1 fully saturated rings. The van der Waals surface area contributed by atoms with Crippen LogP contribution < -0.4 is 5.32 Å². The van der Waals surface area contributed by atoms with E-state index in [1.807, 2.05) is 13.8 Å². The molecule has 1 heterocycles. The number of thioether (sulfide) groups is 1. The number of carbonyl (C=O) groups is 3. The fraction of sp³-hybridized carbons (Fsp3) is 0.864. The first-order valence-corrected chi connectivity index (χ1v) is 12.5. The zero-order valence-corrected chi connectivity index (χ0v) is 19.8. The van der Waals surface area contributed by atoms with Gasteiger partial charge in [0.05, 0.1) is 12.6 Å². The van der Waals surface area contributed by atoms with Crippen LogP contribution >= 0.6 is 11.8 Å². The molecule has 1 aliphatic heterocycles. The van der Waals surface area contributed by atoms with Crippen molar-refractivity contribution in [1.29, 1.82) is 0 Å². The van der Waals surface area contributed by atoms with E-state index in [1.165, 1.54) is 30.6 Å². The highest BCUT2D eigenvalue weighted by atomic mass is 32.2. The summed E-state index contributed by atoms with van der Waals surface area (Å²) >= 11 is 1.69. The minimum Gasteiger partial charge on any atom is -0.480 e. The largest absolute Gasteiger partial charge is 0.480 e. The van der Waals surface area contributed by atoms with E-state index in [1.54, 1.807) is 18.7 Å². The van der Waals surface area contributed by atoms with E-state index in [4.69, 9.17) is 4.74 Å². The molecular weight excluding hydrogens is 404 g/mol. The fourth-order valence-corrected chi connectivity index (χ4v) is 4.49. The number of nitrogens with zero attached hydrogens (tertiary/aromatic N) is 1. The number of ether oxygens (including phenoxy) is 1. The quantitative estimate of drug-likeness (QED) is 0.295. The van der Waals surface area contributed by atoms with Crippen LogP contribution in [0.2, 0.25) is 0 Å². The maximum absolute atomic E-state index is 12.8. The third kappa shape index (κ3) is 9.69. The van der Waals surface area contributed by atoms with Crippen LogP contribution in [-0.2, 0) is 19.1 Å². The highest BCUT2D eigenvalue weighted by molar-refractivity contribution is 7.99. The second-order valence-corrected chi connectivity index (χ2v) is 9.63. The number of amides is 1. The molecule has 174 valence electrons. The minimum absolute atomic E-state index is 0.237. The van der Waals surface area contributed by atoms with E-state index in [0.717, 1.165) is 12.2 Å². The smallest absolute Gasteiger partial charge is 0.326 e. The minimum atomic E-state index is -0.973. The van der Waals surface area contributed by atoms with Gasteiger partial charge in [0.1, 0.15) is 12.1 Å². The molecule has 0 radical (unpaired) electrons. The summed E-state index contributed by atoms with van der Waals surface area (Å²) < 4.78 is 5.41. The molecule has 0 bridgehead atoms. The van der Waals surface area contributed by atoms with Gasteiger partial charge in [0.2, 0.25) is 5.91 Å². The number of aliphatic carboxylic acids is 1. The first-order chi connectivity index (χ1) is 14.3. The van der Waals surface area contributed by atoms with Gasteiger partial charge in [-0.3, -0.25) is 14.9 Å². The van der Waals surface area contributed by atoms with E-state index in [9.17, 15) is 19.5 Å². The Kier molecular flexibility index (Phi) is 13.1. The summed E-state index contributed by atoms with van der Waals surface area (Å²) in [6.07, 6.45) is 7.17. The van der Waals surface area contributed by atoms with Crippen molar-refractivity contribution in [3.05, 3.63) is 0 Å². The molecule has 0 saturated carbocycles. The van der Waals surface area contributed by atoms with Crippen molar-refractivity contribution in [2.75, 3.05) is 24.7 Å². The average Bonchev–Trinajstić information content (AvgIpc) is 3.19. The van der Waals surface area contributed by atoms with Crippen LogP contribution in [0.3, 0.4) is 0 Å². The third-order valence-electron chi connectivity index (χ3n) is 5.16. The maximum Gasteiger partial charge on any atom is 0.326 e. The summed E-state index contributed by atoms with van der Waals surface area (Å²) in [6, 6.07) is -2.01. The molecule has 0 aliphatic carbocycles. The molecule has 0 aromatic carbocycles. The lowest BCUT2D eigenvalue weighted by atomic mass is 10.2. The summed E-state index contributed by atoms with van der Waals surface area (Å²) in [5, 5.41) is 12.4. The zero-order chi connectivity index (χ0) is 22.5. The van der Waals surface area contributed by atoms with Crippen molar-refractivity contribution < 1.29 is 24.2 Å². The van der Waals surface area contributed by atoms with Gasteiger partial charge in [-0.2, -0.15) is 11.8 Å². The Labute approximate surface area is 185 Å². The van der Waals surface area contributed by atoms with Crippen LogP contribution in [-0.4, -0.2) is 70.6 Å². The number of esters is 1. The summed E-state index contributed by atoms with van der Waals surface area (Å²) in [5.41, 5.74) is 0. The molecular formula is C22H40N2O5S. The van der Waals surface area contributed by atoms with Gasteiger partial charge >= 0.3 is 11.9 Å². The van der Waals surface area contributed by atoms with Gasteiger partial charge in [-0.1, -0.05) is 46.5 Å². The van der Waals surface area contributed by atoms with E-state index in [-0.39, 0.29) is 17.8 Å². The topological polar surface area (TPSA) is 95.9 Å². The number of nitrogens with one attached hydrogen (secondary N) is 1.